The first kappa shape index (κ1) is 17.3. The van der Waals surface area contributed by atoms with Crippen molar-refractivity contribution in [1.29, 1.82) is 0 Å². The third kappa shape index (κ3) is 4.74. The van der Waals surface area contributed by atoms with Gasteiger partial charge >= 0.3 is 5.97 Å². The van der Waals surface area contributed by atoms with Gasteiger partial charge in [0.1, 0.15) is 17.8 Å². The van der Waals surface area contributed by atoms with Gasteiger partial charge in [-0.05, 0) is 48.8 Å². The third-order valence-corrected chi connectivity index (χ3v) is 3.62. The maximum Gasteiger partial charge on any atom is 0.332 e. The summed E-state index contributed by atoms with van der Waals surface area (Å²) in [4.78, 5) is 21.5. The zero-order chi connectivity index (χ0) is 16.2. The van der Waals surface area contributed by atoms with Crippen LogP contribution in [0.15, 0.2) is 22.8 Å². The molecule has 22 heavy (non-hydrogen) atoms. The molecule has 2 rings (SSSR count). The molecule has 1 unspecified atom stereocenters. The first-order chi connectivity index (χ1) is 10.3. The van der Waals surface area contributed by atoms with E-state index in [2.05, 4.69) is 26.4 Å². The monoisotopic (exact) mass is 372 g/mol. The number of ether oxygens (including phenoxy) is 2. The molecule has 1 fully saturated rings. The first-order valence-corrected chi connectivity index (χ1v) is 7.93. The molecule has 1 N–H and O–H groups in total. The molecule has 7 heteroatoms. The lowest BCUT2D eigenvalue weighted by atomic mass is 9.94. The van der Waals surface area contributed by atoms with Gasteiger partial charge in [0.2, 0.25) is 0 Å². The molecule has 1 saturated heterocycles. The first-order valence-electron chi connectivity index (χ1n) is 7.13. The summed E-state index contributed by atoms with van der Waals surface area (Å²) in [5, 5.41) is 0. The standard InChI is InChI=1S/C15H21BrN2O4/c1-14(2,3)22-13(19)9-20-15(6-7-21-18-10-15)12-5-4-11(16)8-17-12/h4-5,8,18H,6-7,9-10H2,1-3H3. The van der Waals surface area contributed by atoms with Crippen molar-refractivity contribution < 1.29 is 19.1 Å². The van der Waals surface area contributed by atoms with Gasteiger partial charge in [0.05, 0.1) is 18.8 Å². The van der Waals surface area contributed by atoms with Crippen molar-refractivity contribution in [1.82, 2.24) is 10.5 Å². The minimum Gasteiger partial charge on any atom is -0.458 e. The van der Waals surface area contributed by atoms with Crippen LogP contribution in [0.5, 0.6) is 0 Å². The van der Waals surface area contributed by atoms with Gasteiger partial charge in [-0.3, -0.25) is 4.98 Å². The van der Waals surface area contributed by atoms with Crippen LogP contribution in [-0.4, -0.2) is 36.3 Å². The summed E-state index contributed by atoms with van der Waals surface area (Å²) < 4.78 is 12.1. The Morgan fingerprint density at radius 3 is 2.82 bits per heavy atom. The zero-order valence-electron chi connectivity index (χ0n) is 13.0. The van der Waals surface area contributed by atoms with Crippen LogP contribution < -0.4 is 5.48 Å². The average Bonchev–Trinajstić information content (AvgIpc) is 2.45. The molecule has 0 aromatic carbocycles. The highest BCUT2D eigenvalue weighted by Crippen LogP contribution is 2.30. The number of halogens is 1. The topological polar surface area (TPSA) is 69.7 Å². The van der Waals surface area contributed by atoms with Crippen molar-refractivity contribution in [2.75, 3.05) is 19.8 Å². The highest BCUT2D eigenvalue weighted by molar-refractivity contribution is 9.10. The van der Waals surface area contributed by atoms with E-state index in [1.165, 1.54) is 0 Å². The van der Waals surface area contributed by atoms with Gasteiger partial charge in [0, 0.05) is 17.1 Å². The SMILES string of the molecule is CC(C)(C)OC(=O)COC1(c2ccc(Br)cn2)CCONC1. The van der Waals surface area contributed by atoms with Gasteiger partial charge in [-0.1, -0.05) is 0 Å². The molecule has 1 aromatic rings. The van der Waals surface area contributed by atoms with E-state index in [9.17, 15) is 4.79 Å². The molecule has 1 atom stereocenters. The number of carbonyl (C=O) groups excluding carboxylic acids is 1. The van der Waals surface area contributed by atoms with Crippen LogP contribution >= 0.6 is 15.9 Å². The summed E-state index contributed by atoms with van der Waals surface area (Å²) in [6, 6.07) is 3.78. The van der Waals surface area contributed by atoms with Gasteiger partial charge in [0.15, 0.2) is 0 Å². The molecule has 122 valence electrons. The van der Waals surface area contributed by atoms with E-state index in [4.69, 9.17) is 14.3 Å². The Balaban J connectivity index is 2.09. The molecule has 1 aliphatic heterocycles. The fourth-order valence-corrected chi connectivity index (χ4v) is 2.41. The number of hydrogen-bond acceptors (Lipinski definition) is 6. The number of pyridine rings is 1. The summed E-state index contributed by atoms with van der Waals surface area (Å²) in [6.07, 6.45) is 2.32. The van der Waals surface area contributed by atoms with Crippen LogP contribution in [0.25, 0.3) is 0 Å². The second kappa shape index (κ2) is 7.04. The Labute approximate surface area is 138 Å². The van der Waals surface area contributed by atoms with E-state index in [0.717, 1.165) is 10.2 Å². The molecule has 0 bridgehead atoms. The number of rotatable bonds is 4. The van der Waals surface area contributed by atoms with E-state index in [1.54, 1.807) is 6.20 Å². The number of nitrogens with one attached hydrogen (secondary N) is 1. The summed E-state index contributed by atoms with van der Waals surface area (Å²) >= 11 is 3.36. The molecule has 1 aromatic heterocycles. The van der Waals surface area contributed by atoms with Gasteiger partial charge < -0.3 is 14.3 Å². The predicted molar refractivity (Wildman–Crippen MR) is 84.0 cm³/mol. The van der Waals surface area contributed by atoms with Crippen molar-refractivity contribution in [2.24, 2.45) is 0 Å². The predicted octanol–water partition coefficient (Wildman–Crippen LogP) is 2.32. The minimum absolute atomic E-state index is 0.128. The molecule has 0 amide bonds. The molecule has 1 aliphatic rings. The number of nitrogens with zero attached hydrogens (tertiary/aromatic N) is 1. The zero-order valence-corrected chi connectivity index (χ0v) is 14.6. The van der Waals surface area contributed by atoms with Crippen molar-refractivity contribution >= 4 is 21.9 Å². The van der Waals surface area contributed by atoms with E-state index in [1.807, 2.05) is 32.9 Å². The smallest absolute Gasteiger partial charge is 0.332 e. The Morgan fingerprint density at radius 1 is 1.50 bits per heavy atom. The number of esters is 1. The second-order valence-electron chi connectivity index (χ2n) is 6.15. The summed E-state index contributed by atoms with van der Waals surface area (Å²) in [5.41, 5.74) is 2.36. The van der Waals surface area contributed by atoms with Gasteiger partial charge in [0.25, 0.3) is 0 Å². The summed E-state index contributed by atoms with van der Waals surface area (Å²) in [5.74, 6) is -0.393. The molecule has 0 spiro atoms. The second-order valence-corrected chi connectivity index (χ2v) is 7.07. The lowest BCUT2D eigenvalue weighted by molar-refractivity contribution is -0.178. The Bertz CT molecular complexity index is 507. The largest absolute Gasteiger partial charge is 0.458 e. The van der Waals surface area contributed by atoms with Crippen LogP contribution in [0.4, 0.5) is 0 Å². The van der Waals surface area contributed by atoms with Crippen molar-refractivity contribution in [3.05, 3.63) is 28.5 Å². The van der Waals surface area contributed by atoms with Crippen molar-refractivity contribution in [2.45, 2.75) is 38.4 Å². The van der Waals surface area contributed by atoms with E-state index < -0.39 is 17.2 Å². The fraction of sp³-hybridized carbons (Fsp3) is 0.600. The molecule has 0 saturated carbocycles. The van der Waals surface area contributed by atoms with Gasteiger partial charge in [-0.15, -0.1) is 0 Å². The number of carbonyl (C=O) groups is 1. The van der Waals surface area contributed by atoms with Crippen LogP contribution in [0.2, 0.25) is 0 Å². The number of hydrogen-bond donors (Lipinski definition) is 1. The molecule has 2 heterocycles. The summed E-state index contributed by atoms with van der Waals surface area (Å²) in [7, 11) is 0. The van der Waals surface area contributed by atoms with Gasteiger partial charge in [-0.2, -0.15) is 5.48 Å². The average molecular weight is 373 g/mol. The molecule has 6 nitrogen and oxygen atoms in total. The van der Waals surface area contributed by atoms with E-state index >= 15 is 0 Å². The normalized spacial score (nSPS) is 22.4. The Hall–Kier alpha value is -1.02. The lowest BCUT2D eigenvalue weighted by Crippen LogP contribution is -2.47. The lowest BCUT2D eigenvalue weighted by Gasteiger charge is -2.36. The van der Waals surface area contributed by atoms with Crippen molar-refractivity contribution in [3.8, 4) is 0 Å². The highest BCUT2D eigenvalue weighted by atomic mass is 79.9. The molecule has 0 radical (unpaired) electrons. The van der Waals surface area contributed by atoms with Crippen LogP contribution in [0.3, 0.4) is 0 Å². The Kier molecular flexibility index (Phi) is 5.55. The number of aromatic nitrogens is 1. The van der Waals surface area contributed by atoms with E-state index in [-0.39, 0.29) is 6.61 Å². The van der Waals surface area contributed by atoms with Crippen LogP contribution in [0, 0.1) is 0 Å². The maximum absolute atomic E-state index is 11.9. The van der Waals surface area contributed by atoms with Gasteiger partial charge in [-0.25, -0.2) is 4.79 Å². The third-order valence-electron chi connectivity index (χ3n) is 3.15. The van der Waals surface area contributed by atoms with Crippen LogP contribution in [0.1, 0.15) is 32.9 Å². The number of hydroxylamine groups is 1. The van der Waals surface area contributed by atoms with Crippen LogP contribution in [-0.2, 0) is 24.7 Å². The maximum atomic E-state index is 11.9. The fourth-order valence-electron chi connectivity index (χ4n) is 2.17. The molecule has 0 aliphatic carbocycles. The highest BCUT2D eigenvalue weighted by Gasteiger charge is 2.38. The molecular formula is C15H21BrN2O4. The summed E-state index contributed by atoms with van der Waals surface area (Å²) in [6.45, 7) is 6.25. The van der Waals surface area contributed by atoms with Crippen molar-refractivity contribution in [3.63, 3.8) is 0 Å². The Morgan fingerprint density at radius 2 is 2.27 bits per heavy atom. The minimum atomic E-state index is -0.699. The quantitative estimate of drug-likeness (QED) is 0.817. The van der Waals surface area contributed by atoms with E-state index in [0.29, 0.717) is 19.6 Å². The molecular weight excluding hydrogens is 352 g/mol.